The molecule has 1 atom stereocenters. The number of hydrogen-bond donors (Lipinski definition) is 1. The average molecular weight is 229 g/mol. The first-order valence-corrected chi connectivity index (χ1v) is 5.63. The van der Waals surface area contributed by atoms with Gasteiger partial charge in [-0.05, 0) is 20.3 Å². The molecule has 5 heteroatoms. The summed E-state index contributed by atoms with van der Waals surface area (Å²) >= 11 is 0. The smallest absolute Gasteiger partial charge is 0.305 e. The van der Waals surface area contributed by atoms with Gasteiger partial charge >= 0.3 is 5.97 Å². The summed E-state index contributed by atoms with van der Waals surface area (Å²) < 4.78 is 5.28. The van der Waals surface area contributed by atoms with Crippen LogP contribution in [0.4, 0.5) is 0 Å². The number of carboxylic acid groups (broad SMARTS) is 1. The van der Waals surface area contributed by atoms with Gasteiger partial charge in [0.2, 0.25) is 5.91 Å². The fourth-order valence-corrected chi connectivity index (χ4v) is 2.01. The number of likely N-dealkylation sites (tertiary alicyclic amines) is 1. The Morgan fingerprint density at radius 3 is 2.88 bits per heavy atom. The molecule has 1 aliphatic heterocycles. The van der Waals surface area contributed by atoms with Gasteiger partial charge in [0.25, 0.3) is 0 Å². The van der Waals surface area contributed by atoms with Crippen molar-refractivity contribution in [3.63, 3.8) is 0 Å². The molecule has 16 heavy (non-hydrogen) atoms. The van der Waals surface area contributed by atoms with Crippen molar-refractivity contribution in [1.82, 2.24) is 4.90 Å². The van der Waals surface area contributed by atoms with Crippen molar-refractivity contribution < 1.29 is 19.4 Å². The second kappa shape index (κ2) is 5.84. The third kappa shape index (κ3) is 3.48. The van der Waals surface area contributed by atoms with Crippen molar-refractivity contribution in [2.45, 2.75) is 45.2 Å². The molecule has 1 N–H and O–H groups in total. The van der Waals surface area contributed by atoms with E-state index in [0.717, 1.165) is 6.42 Å². The predicted molar refractivity (Wildman–Crippen MR) is 58.1 cm³/mol. The van der Waals surface area contributed by atoms with Gasteiger partial charge in [-0.1, -0.05) is 0 Å². The molecule has 92 valence electrons. The Labute approximate surface area is 95.4 Å². The van der Waals surface area contributed by atoms with Crippen LogP contribution in [0.5, 0.6) is 0 Å². The zero-order valence-electron chi connectivity index (χ0n) is 9.81. The van der Waals surface area contributed by atoms with Crippen molar-refractivity contribution >= 4 is 11.9 Å². The number of nitrogens with zero attached hydrogens (tertiary/aromatic N) is 1. The van der Waals surface area contributed by atoms with Gasteiger partial charge in [0, 0.05) is 12.5 Å². The maximum absolute atomic E-state index is 11.5. The molecule has 5 nitrogen and oxygen atoms in total. The van der Waals surface area contributed by atoms with Gasteiger partial charge in [-0.2, -0.15) is 0 Å². The molecule has 1 aliphatic rings. The number of carbonyl (C=O) groups excluding carboxylic acids is 1. The van der Waals surface area contributed by atoms with Crippen LogP contribution in [-0.4, -0.2) is 47.2 Å². The number of rotatable bonds is 6. The first-order chi connectivity index (χ1) is 7.52. The first kappa shape index (κ1) is 13.0. The van der Waals surface area contributed by atoms with Gasteiger partial charge in [0.1, 0.15) is 0 Å². The summed E-state index contributed by atoms with van der Waals surface area (Å²) in [4.78, 5) is 23.7. The summed E-state index contributed by atoms with van der Waals surface area (Å²) in [6.45, 7) is 4.62. The molecule has 1 saturated heterocycles. The van der Waals surface area contributed by atoms with E-state index in [-0.39, 0.29) is 31.0 Å². The molecule has 0 bridgehead atoms. The van der Waals surface area contributed by atoms with Crippen molar-refractivity contribution in [3.8, 4) is 0 Å². The molecule has 0 aliphatic carbocycles. The summed E-state index contributed by atoms with van der Waals surface area (Å²) in [6.07, 6.45) is 1.40. The molecular weight excluding hydrogens is 210 g/mol. The monoisotopic (exact) mass is 229 g/mol. The van der Waals surface area contributed by atoms with Crippen LogP contribution in [0.3, 0.4) is 0 Å². The molecule has 1 fully saturated rings. The summed E-state index contributed by atoms with van der Waals surface area (Å²) in [5, 5.41) is 8.44. The minimum Gasteiger partial charge on any atom is -0.481 e. The second-order valence-corrected chi connectivity index (χ2v) is 4.31. The van der Waals surface area contributed by atoms with Gasteiger partial charge < -0.3 is 14.7 Å². The molecule has 1 heterocycles. The molecule has 0 aromatic heterocycles. The fraction of sp³-hybridized carbons (Fsp3) is 0.818. The van der Waals surface area contributed by atoms with Crippen LogP contribution in [0.25, 0.3) is 0 Å². The first-order valence-electron chi connectivity index (χ1n) is 5.63. The largest absolute Gasteiger partial charge is 0.481 e. The summed E-state index contributed by atoms with van der Waals surface area (Å²) in [7, 11) is 0. The Morgan fingerprint density at radius 1 is 1.62 bits per heavy atom. The Morgan fingerprint density at radius 2 is 2.31 bits per heavy atom. The van der Waals surface area contributed by atoms with E-state index >= 15 is 0 Å². The third-order valence-corrected chi connectivity index (χ3v) is 2.70. The minimum absolute atomic E-state index is 0.0162. The Bertz CT molecular complexity index is 265. The number of aliphatic carboxylic acids is 1. The van der Waals surface area contributed by atoms with E-state index in [9.17, 15) is 9.59 Å². The van der Waals surface area contributed by atoms with E-state index in [1.54, 1.807) is 0 Å². The van der Waals surface area contributed by atoms with E-state index in [4.69, 9.17) is 9.84 Å². The van der Waals surface area contributed by atoms with Gasteiger partial charge in [0.05, 0.1) is 25.7 Å². The van der Waals surface area contributed by atoms with Gasteiger partial charge in [-0.25, -0.2) is 0 Å². The average Bonchev–Trinajstić information content (AvgIpc) is 2.54. The summed E-state index contributed by atoms with van der Waals surface area (Å²) in [5.74, 6) is -0.690. The van der Waals surface area contributed by atoms with Crippen LogP contribution >= 0.6 is 0 Å². The van der Waals surface area contributed by atoms with Gasteiger partial charge in [-0.15, -0.1) is 0 Å². The predicted octanol–water partition coefficient (Wildman–Crippen LogP) is 0.877. The molecule has 0 saturated carbocycles. The summed E-state index contributed by atoms with van der Waals surface area (Å²) in [6, 6.07) is 0.296. The molecule has 0 spiro atoms. The van der Waals surface area contributed by atoms with Crippen LogP contribution in [-0.2, 0) is 14.3 Å². The molecule has 0 radical (unpaired) electrons. The zero-order valence-corrected chi connectivity index (χ0v) is 9.81. The van der Waals surface area contributed by atoms with Gasteiger partial charge in [0.15, 0.2) is 0 Å². The highest BCUT2D eigenvalue weighted by Gasteiger charge is 2.32. The lowest BCUT2D eigenvalue weighted by Crippen LogP contribution is -2.41. The van der Waals surface area contributed by atoms with Crippen LogP contribution in [0.15, 0.2) is 0 Å². The lowest BCUT2D eigenvalue weighted by molar-refractivity contribution is -0.139. The SMILES string of the molecule is CC(C)N1C(=O)CC[C@H]1COCCC(=O)O. The van der Waals surface area contributed by atoms with E-state index in [1.807, 2.05) is 18.7 Å². The van der Waals surface area contributed by atoms with Crippen molar-refractivity contribution in [1.29, 1.82) is 0 Å². The number of ether oxygens (including phenoxy) is 1. The molecule has 0 aromatic rings. The standard InChI is InChI=1S/C11H19NO4/c1-8(2)12-9(3-4-10(12)13)7-16-6-5-11(14)15/h8-9H,3-7H2,1-2H3,(H,14,15)/t9-/m0/s1. The van der Waals surface area contributed by atoms with Crippen molar-refractivity contribution in [2.24, 2.45) is 0 Å². The maximum atomic E-state index is 11.5. The lowest BCUT2D eigenvalue weighted by Gasteiger charge is -2.28. The van der Waals surface area contributed by atoms with Gasteiger partial charge in [-0.3, -0.25) is 9.59 Å². The second-order valence-electron chi connectivity index (χ2n) is 4.31. The Balaban J connectivity index is 2.31. The van der Waals surface area contributed by atoms with Crippen LogP contribution in [0.1, 0.15) is 33.1 Å². The van der Waals surface area contributed by atoms with Crippen LogP contribution in [0, 0.1) is 0 Å². The Hall–Kier alpha value is -1.10. The van der Waals surface area contributed by atoms with E-state index in [1.165, 1.54) is 0 Å². The number of amides is 1. The lowest BCUT2D eigenvalue weighted by atomic mass is 10.2. The molecule has 1 amide bonds. The quantitative estimate of drug-likeness (QED) is 0.686. The van der Waals surface area contributed by atoms with Crippen molar-refractivity contribution in [3.05, 3.63) is 0 Å². The van der Waals surface area contributed by atoms with E-state index < -0.39 is 5.97 Å². The fourth-order valence-electron chi connectivity index (χ4n) is 2.01. The highest BCUT2D eigenvalue weighted by atomic mass is 16.5. The highest BCUT2D eigenvalue weighted by Crippen LogP contribution is 2.21. The number of carboxylic acids is 1. The third-order valence-electron chi connectivity index (χ3n) is 2.70. The van der Waals surface area contributed by atoms with E-state index in [2.05, 4.69) is 0 Å². The molecule has 1 rings (SSSR count). The summed E-state index contributed by atoms with van der Waals surface area (Å²) in [5.41, 5.74) is 0. The zero-order chi connectivity index (χ0) is 12.1. The van der Waals surface area contributed by atoms with Crippen molar-refractivity contribution in [2.75, 3.05) is 13.2 Å². The van der Waals surface area contributed by atoms with E-state index in [0.29, 0.717) is 13.0 Å². The number of carbonyl (C=O) groups is 2. The normalized spacial score (nSPS) is 20.8. The topological polar surface area (TPSA) is 66.8 Å². The minimum atomic E-state index is -0.858. The molecular formula is C11H19NO4. The Kier molecular flexibility index (Phi) is 4.73. The van der Waals surface area contributed by atoms with Crippen LogP contribution < -0.4 is 0 Å². The maximum Gasteiger partial charge on any atom is 0.305 e. The molecule has 0 aromatic carbocycles. The highest BCUT2D eigenvalue weighted by molar-refractivity contribution is 5.79. The number of hydrogen-bond acceptors (Lipinski definition) is 3. The van der Waals surface area contributed by atoms with Crippen LogP contribution in [0.2, 0.25) is 0 Å². The molecule has 0 unspecified atom stereocenters.